The van der Waals surface area contributed by atoms with Crippen LogP contribution in [0.4, 0.5) is 0 Å². The van der Waals surface area contributed by atoms with Gasteiger partial charge in [0.25, 0.3) is 5.91 Å². The first-order chi connectivity index (χ1) is 10.8. The molecule has 0 atom stereocenters. The zero-order chi connectivity index (χ0) is 14.7. The summed E-state index contributed by atoms with van der Waals surface area (Å²) >= 11 is 0. The van der Waals surface area contributed by atoms with E-state index in [1.165, 1.54) is 18.5 Å². The maximum atomic E-state index is 12.6. The van der Waals surface area contributed by atoms with Crippen LogP contribution in [0.15, 0.2) is 16.7 Å². The maximum absolute atomic E-state index is 12.6. The Morgan fingerprint density at radius 2 is 1.95 bits per heavy atom. The zero-order valence-electron chi connectivity index (χ0n) is 12.4. The zero-order valence-corrected chi connectivity index (χ0v) is 12.4. The molecule has 0 N–H and O–H groups in total. The van der Waals surface area contributed by atoms with Gasteiger partial charge in [-0.25, -0.2) is 0 Å². The number of amides is 1. The van der Waals surface area contributed by atoms with Crippen LogP contribution in [0.3, 0.4) is 0 Å². The Bertz CT molecular complexity index is 739. The van der Waals surface area contributed by atoms with Crippen molar-refractivity contribution in [1.82, 2.24) is 19.8 Å². The van der Waals surface area contributed by atoms with Crippen LogP contribution in [0.25, 0.3) is 0 Å². The third kappa shape index (κ3) is 2.05. The lowest BCUT2D eigenvalue weighted by atomic mass is 10.2. The Morgan fingerprint density at radius 3 is 2.73 bits per heavy atom. The number of hydrogen-bond acceptors (Lipinski definition) is 4. The predicted molar refractivity (Wildman–Crippen MR) is 77.4 cm³/mol. The second-order valence-corrected chi connectivity index (χ2v) is 6.67. The van der Waals surface area contributed by atoms with E-state index in [1.54, 1.807) is 0 Å². The molecular weight excluding hydrogens is 280 g/mol. The van der Waals surface area contributed by atoms with Crippen molar-refractivity contribution in [2.75, 3.05) is 6.54 Å². The average Bonchev–Trinajstić information content (AvgIpc) is 3.47. The van der Waals surface area contributed by atoms with E-state index in [1.807, 2.05) is 11.0 Å². The van der Waals surface area contributed by atoms with Gasteiger partial charge in [-0.05, 0) is 31.7 Å². The molecule has 6 nitrogen and oxygen atoms in total. The minimum absolute atomic E-state index is 0.0314. The van der Waals surface area contributed by atoms with Crippen LogP contribution in [-0.2, 0) is 13.1 Å². The van der Waals surface area contributed by atoms with Crippen molar-refractivity contribution in [3.8, 4) is 0 Å². The van der Waals surface area contributed by atoms with E-state index in [9.17, 15) is 4.79 Å². The molecule has 0 bridgehead atoms. The van der Waals surface area contributed by atoms with Gasteiger partial charge in [0.1, 0.15) is 5.76 Å². The highest BCUT2D eigenvalue weighted by atomic mass is 16.5. The molecule has 0 aromatic carbocycles. The lowest BCUT2D eigenvalue weighted by molar-refractivity contribution is 0.0695. The van der Waals surface area contributed by atoms with E-state index in [-0.39, 0.29) is 5.91 Å². The molecule has 3 heterocycles. The second-order valence-electron chi connectivity index (χ2n) is 6.67. The standard InChI is InChI=1S/C16H18N4O2/c21-16(14-8-15(22-18-14)11-3-4-11)19-5-6-20-12(9-19)7-13(17-20)10-1-2-10/h7-8,10-11H,1-6,9H2. The smallest absolute Gasteiger partial charge is 0.276 e. The lowest BCUT2D eigenvalue weighted by Crippen LogP contribution is -2.38. The van der Waals surface area contributed by atoms with Crippen molar-refractivity contribution >= 4 is 5.91 Å². The molecule has 1 aliphatic heterocycles. The molecule has 5 rings (SSSR count). The fourth-order valence-corrected chi connectivity index (χ4v) is 3.15. The minimum Gasteiger partial charge on any atom is -0.360 e. The molecule has 0 saturated heterocycles. The Kier molecular flexibility index (Phi) is 2.51. The summed E-state index contributed by atoms with van der Waals surface area (Å²) in [5.74, 6) is 1.97. The number of nitrogens with zero attached hydrogens (tertiary/aromatic N) is 4. The first kappa shape index (κ1) is 12.4. The average molecular weight is 298 g/mol. The molecule has 2 saturated carbocycles. The Balaban J connectivity index is 1.35. The largest absolute Gasteiger partial charge is 0.360 e. The first-order valence-corrected chi connectivity index (χ1v) is 8.10. The summed E-state index contributed by atoms with van der Waals surface area (Å²) in [6.07, 6.45) is 4.80. The summed E-state index contributed by atoms with van der Waals surface area (Å²) in [5.41, 5.74) is 2.77. The highest BCUT2D eigenvalue weighted by molar-refractivity contribution is 5.92. The van der Waals surface area contributed by atoms with Crippen molar-refractivity contribution in [3.63, 3.8) is 0 Å². The van der Waals surface area contributed by atoms with Crippen LogP contribution < -0.4 is 0 Å². The number of rotatable bonds is 3. The van der Waals surface area contributed by atoms with Gasteiger partial charge in [-0.2, -0.15) is 5.10 Å². The van der Waals surface area contributed by atoms with Gasteiger partial charge in [0, 0.05) is 24.4 Å². The summed E-state index contributed by atoms with van der Waals surface area (Å²) < 4.78 is 7.35. The number of aromatic nitrogens is 3. The van der Waals surface area contributed by atoms with Gasteiger partial charge in [-0.3, -0.25) is 9.48 Å². The Labute approximate surface area is 128 Å². The van der Waals surface area contributed by atoms with E-state index >= 15 is 0 Å². The summed E-state index contributed by atoms with van der Waals surface area (Å²) in [5, 5.41) is 8.62. The third-order valence-electron chi connectivity index (χ3n) is 4.83. The normalized spacial score (nSPS) is 21.0. The first-order valence-electron chi connectivity index (χ1n) is 8.10. The molecule has 6 heteroatoms. The van der Waals surface area contributed by atoms with Crippen LogP contribution in [0.2, 0.25) is 0 Å². The minimum atomic E-state index is -0.0314. The van der Waals surface area contributed by atoms with Crippen molar-refractivity contribution < 1.29 is 9.32 Å². The number of carbonyl (C=O) groups is 1. The second kappa shape index (κ2) is 4.44. The van der Waals surface area contributed by atoms with E-state index in [2.05, 4.69) is 21.0 Å². The van der Waals surface area contributed by atoms with Gasteiger partial charge >= 0.3 is 0 Å². The van der Waals surface area contributed by atoms with E-state index in [0.29, 0.717) is 30.6 Å². The highest BCUT2D eigenvalue weighted by Gasteiger charge is 2.32. The van der Waals surface area contributed by atoms with E-state index in [4.69, 9.17) is 4.52 Å². The van der Waals surface area contributed by atoms with Crippen LogP contribution >= 0.6 is 0 Å². The van der Waals surface area contributed by atoms with Gasteiger partial charge in [0.05, 0.1) is 24.5 Å². The van der Waals surface area contributed by atoms with Gasteiger partial charge in [0.2, 0.25) is 0 Å². The van der Waals surface area contributed by atoms with E-state index in [0.717, 1.165) is 30.8 Å². The molecule has 0 unspecified atom stereocenters. The maximum Gasteiger partial charge on any atom is 0.276 e. The molecule has 2 aromatic rings. The van der Waals surface area contributed by atoms with Crippen LogP contribution in [0, 0.1) is 0 Å². The fourth-order valence-electron chi connectivity index (χ4n) is 3.15. The number of carbonyl (C=O) groups excluding carboxylic acids is 1. The van der Waals surface area contributed by atoms with Gasteiger partial charge in [0.15, 0.2) is 5.69 Å². The lowest BCUT2D eigenvalue weighted by Gasteiger charge is -2.26. The summed E-state index contributed by atoms with van der Waals surface area (Å²) in [6.45, 7) is 2.06. The fraction of sp³-hybridized carbons (Fsp3) is 0.562. The molecule has 22 heavy (non-hydrogen) atoms. The molecule has 2 fully saturated rings. The van der Waals surface area contributed by atoms with Crippen LogP contribution in [0.5, 0.6) is 0 Å². The molecule has 2 aliphatic carbocycles. The molecular formula is C16H18N4O2. The van der Waals surface area contributed by atoms with Crippen LogP contribution in [-0.4, -0.2) is 32.3 Å². The quantitative estimate of drug-likeness (QED) is 0.872. The monoisotopic (exact) mass is 298 g/mol. The molecule has 3 aliphatic rings. The van der Waals surface area contributed by atoms with Gasteiger partial charge in [-0.1, -0.05) is 5.16 Å². The van der Waals surface area contributed by atoms with Crippen molar-refractivity contribution in [2.45, 2.75) is 50.6 Å². The molecule has 0 radical (unpaired) electrons. The van der Waals surface area contributed by atoms with Crippen LogP contribution in [0.1, 0.15) is 65.2 Å². The SMILES string of the molecule is O=C(c1cc(C2CC2)on1)N1CCn2nc(C3CC3)cc2C1. The van der Waals surface area contributed by atoms with Crippen molar-refractivity contribution in [3.05, 3.63) is 35.0 Å². The summed E-state index contributed by atoms with van der Waals surface area (Å²) in [6, 6.07) is 3.98. The Hall–Kier alpha value is -2.11. The molecule has 2 aromatic heterocycles. The van der Waals surface area contributed by atoms with Gasteiger partial charge < -0.3 is 9.42 Å². The number of hydrogen-bond donors (Lipinski definition) is 0. The van der Waals surface area contributed by atoms with Gasteiger partial charge in [-0.15, -0.1) is 0 Å². The molecule has 1 amide bonds. The summed E-state index contributed by atoms with van der Waals surface area (Å²) in [4.78, 5) is 14.4. The third-order valence-corrected chi connectivity index (χ3v) is 4.83. The summed E-state index contributed by atoms with van der Waals surface area (Å²) in [7, 11) is 0. The topological polar surface area (TPSA) is 64.2 Å². The highest BCUT2D eigenvalue weighted by Crippen LogP contribution is 2.41. The van der Waals surface area contributed by atoms with Crippen molar-refractivity contribution in [2.24, 2.45) is 0 Å². The Morgan fingerprint density at radius 1 is 1.14 bits per heavy atom. The van der Waals surface area contributed by atoms with E-state index < -0.39 is 0 Å². The van der Waals surface area contributed by atoms with Crippen molar-refractivity contribution in [1.29, 1.82) is 0 Å². The molecule has 114 valence electrons. The number of fused-ring (bicyclic) bond motifs is 1. The predicted octanol–water partition coefficient (Wildman–Crippen LogP) is 2.28. The molecule has 0 spiro atoms.